The van der Waals surface area contributed by atoms with Crippen molar-refractivity contribution in [2.75, 3.05) is 0 Å². The Hall–Kier alpha value is -0.680. The summed E-state index contributed by atoms with van der Waals surface area (Å²) in [6, 6.07) is 1.91. The predicted molar refractivity (Wildman–Crippen MR) is 51.1 cm³/mol. The van der Waals surface area contributed by atoms with E-state index in [1.165, 1.54) is 0 Å². The minimum atomic E-state index is 0.753. The zero-order valence-corrected chi connectivity index (χ0v) is 8.55. The molecule has 0 aliphatic heterocycles. The van der Waals surface area contributed by atoms with Crippen LogP contribution < -0.4 is 0 Å². The Labute approximate surface area is 82.2 Å². The zero-order chi connectivity index (χ0) is 8.39. The average molecular weight is 244 g/mol. The van der Waals surface area contributed by atoms with Crippen molar-refractivity contribution in [1.29, 1.82) is 0 Å². The standard InChI is InChI=1S/C7H6BrN3S/c8-6-1-3-11(10-6)5-7-9-2-4-12-7/h1-4H,5H2. The van der Waals surface area contributed by atoms with Gasteiger partial charge in [-0.15, -0.1) is 11.3 Å². The summed E-state index contributed by atoms with van der Waals surface area (Å²) in [5.74, 6) is 0. The molecule has 0 aromatic carbocycles. The first kappa shape index (κ1) is 7.94. The third-order valence-corrected chi connectivity index (χ3v) is 2.58. The van der Waals surface area contributed by atoms with E-state index in [4.69, 9.17) is 0 Å². The molecule has 2 aromatic rings. The highest BCUT2D eigenvalue weighted by molar-refractivity contribution is 9.10. The third kappa shape index (κ3) is 1.73. The molecule has 62 valence electrons. The normalized spacial score (nSPS) is 10.4. The Morgan fingerprint density at radius 1 is 1.58 bits per heavy atom. The van der Waals surface area contributed by atoms with Gasteiger partial charge in [-0.25, -0.2) is 4.98 Å². The first-order valence-electron chi connectivity index (χ1n) is 3.42. The number of thiazole rings is 1. The van der Waals surface area contributed by atoms with E-state index < -0.39 is 0 Å². The lowest BCUT2D eigenvalue weighted by molar-refractivity contribution is 0.678. The molecule has 0 saturated carbocycles. The van der Waals surface area contributed by atoms with Crippen LogP contribution in [0.2, 0.25) is 0 Å². The van der Waals surface area contributed by atoms with Gasteiger partial charge in [0.15, 0.2) is 0 Å². The Kier molecular flexibility index (Phi) is 2.23. The quantitative estimate of drug-likeness (QED) is 0.810. The predicted octanol–water partition coefficient (Wildman–Crippen LogP) is 2.15. The Bertz CT molecular complexity index is 354. The van der Waals surface area contributed by atoms with E-state index in [-0.39, 0.29) is 0 Å². The molecule has 5 heteroatoms. The lowest BCUT2D eigenvalue weighted by Crippen LogP contribution is -1.98. The van der Waals surface area contributed by atoms with Crippen LogP contribution in [-0.2, 0) is 6.54 Å². The number of rotatable bonds is 2. The summed E-state index contributed by atoms with van der Waals surface area (Å²) in [5, 5.41) is 7.23. The van der Waals surface area contributed by atoms with E-state index in [0.717, 1.165) is 16.2 Å². The highest BCUT2D eigenvalue weighted by Gasteiger charge is 1.98. The van der Waals surface area contributed by atoms with Crippen LogP contribution in [0.25, 0.3) is 0 Å². The van der Waals surface area contributed by atoms with Crippen LogP contribution in [0.5, 0.6) is 0 Å². The molecule has 0 saturated heterocycles. The van der Waals surface area contributed by atoms with Gasteiger partial charge in [0.05, 0.1) is 6.54 Å². The molecular formula is C7H6BrN3S. The van der Waals surface area contributed by atoms with Crippen molar-refractivity contribution in [2.45, 2.75) is 6.54 Å². The molecule has 2 aromatic heterocycles. The van der Waals surface area contributed by atoms with Crippen LogP contribution in [0.15, 0.2) is 28.4 Å². The molecule has 12 heavy (non-hydrogen) atoms. The molecule has 0 N–H and O–H groups in total. The first-order chi connectivity index (χ1) is 5.84. The molecule has 0 aliphatic carbocycles. The fraction of sp³-hybridized carbons (Fsp3) is 0.143. The van der Waals surface area contributed by atoms with Gasteiger partial charge in [0.25, 0.3) is 0 Å². The highest BCUT2D eigenvalue weighted by Crippen LogP contribution is 2.08. The monoisotopic (exact) mass is 243 g/mol. The van der Waals surface area contributed by atoms with Crippen LogP contribution >= 0.6 is 27.3 Å². The second kappa shape index (κ2) is 3.37. The van der Waals surface area contributed by atoms with E-state index in [1.54, 1.807) is 17.5 Å². The molecule has 2 heterocycles. The minimum absolute atomic E-state index is 0.753. The van der Waals surface area contributed by atoms with E-state index in [9.17, 15) is 0 Å². The molecule has 0 unspecified atom stereocenters. The fourth-order valence-electron chi connectivity index (χ4n) is 0.895. The van der Waals surface area contributed by atoms with Gasteiger partial charge in [-0.05, 0) is 22.0 Å². The van der Waals surface area contributed by atoms with E-state index in [1.807, 2.05) is 22.3 Å². The van der Waals surface area contributed by atoms with Gasteiger partial charge in [0.2, 0.25) is 0 Å². The molecule has 0 atom stereocenters. The molecule has 0 fully saturated rings. The second-order valence-corrected chi connectivity index (χ2v) is 4.05. The number of hydrogen-bond donors (Lipinski definition) is 0. The summed E-state index contributed by atoms with van der Waals surface area (Å²) in [7, 11) is 0. The van der Waals surface area contributed by atoms with Crippen molar-refractivity contribution >= 4 is 27.3 Å². The molecule has 0 radical (unpaired) electrons. The zero-order valence-electron chi connectivity index (χ0n) is 6.14. The highest BCUT2D eigenvalue weighted by atomic mass is 79.9. The van der Waals surface area contributed by atoms with Crippen molar-refractivity contribution in [3.05, 3.63) is 33.5 Å². The smallest absolute Gasteiger partial charge is 0.128 e. The maximum Gasteiger partial charge on any atom is 0.128 e. The van der Waals surface area contributed by atoms with Crippen molar-refractivity contribution < 1.29 is 0 Å². The summed E-state index contributed by atoms with van der Waals surface area (Å²) in [5.41, 5.74) is 0. The molecule has 3 nitrogen and oxygen atoms in total. The molecule has 0 aliphatic rings. The molecular weight excluding hydrogens is 238 g/mol. The largest absolute Gasteiger partial charge is 0.265 e. The number of nitrogens with zero attached hydrogens (tertiary/aromatic N) is 3. The van der Waals surface area contributed by atoms with Crippen LogP contribution in [-0.4, -0.2) is 14.8 Å². The molecule has 2 rings (SSSR count). The fourth-order valence-corrected chi connectivity index (χ4v) is 1.82. The number of hydrogen-bond acceptors (Lipinski definition) is 3. The Morgan fingerprint density at radius 3 is 3.08 bits per heavy atom. The second-order valence-electron chi connectivity index (χ2n) is 2.26. The maximum atomic E-state index is 4.19. The Morgan fingerprint density at radius 2 is 2.50 bits per heavy atom. The van der Waals surface area contributed by atoms with Crippen LogP contribution in [0.1, 0.15) is 5.01 Å². The summed E-state index contributed by atoms with van der Waals surface area (Å²) in [4.78, 5) is 4.16. The summed E-state index contributed by atoms with van der Waals surface area (Å²) in [6.45, 7) is 0.753. The van der Waals surface area contributed by atoms with Gasteiger partial charge in [0.1, 0.15) is 9.61 Å². The van der Waals surface area contributed by atoms with Crippen molar-refractivity contribution in [3.8, 4) is 0 Å². The van der Waals surface area contributed by atoms with Crippen LogP contribution in [0.4, 0.5) is 0 Å². The molecule has 0 spiro atoms. The summed E-state index contributed by atoms with van der Waals surface area (Å²) >= 11 is 4.93. The lowest BCUT2D eigenvalue weighted by atomic mass is 10.6. The topological polar surface area (TPSA) is 30.7 Å². The Balaban J connectivity index is 2.14. The molecule has 0 bridgehead atoms. The SMILES string of the molecule is Brc1ccn(Cc2nccs2)n1. The number of aromatic nitrogens is 3. The maximum absolute atomic E-state index is 4.19. The van der Waals surface area contributed by atoms with Crippen molar-refractivity contribution in [2.24, 2.45) is 0 Å². The average Bonchev–Trinajstić information content (AvgIpc) is 2.63. The van der Waals surface area contributed by atoms with Gasteiger partial charge in [-0.2, -0.15) is 5.10 Å². The summed E-state index contributed by atoms with van der Waals surface area (Å²) in [6.07, 6.45) is 3.73. The van der Waals surface area contributed by atoms with Crippen LogP contribution in [0.3, 0.4) is 0 Å². The molecule has 0 amide bonds. The van der Waals surface area contributed by atoms with Crippen molar-refractivity contribution in [1.82, 2.24) is 14.8 Å². The van der Waals surface area contributed by atoms with Crippen molar-refractivity contribution in [3.63, 3.8) is 0 Å². The van der Waals surface area contributed by atoms with Gasteiger partial charge in [0, 0.05) is 17.8 Å². The third-order valence-electron chi connectivity index (χ3n) is 1.39. The first-order valence-corrected chi connectivity index (χ1v) is 5.09. The van der Waals surface area contributed by atoms with E-state index >= 15 is 0 Å². The van der Waals surface area contributed by atoms with Crippen LogP contribution in [0, 0.1) is 0 Å². The lowest BCUT2D eigenvalue weighted by Gasteiger charge is -1.94. The van der Waals surface area contributed by atoms with Gasteiger partial charge < -0.3 is 0 Å². The van der Waals surface area contributed by atoms with E-state index in [2.05, 4.69) is 26.0 Å². The van der Waals surface area contributed by atoms with Gasteiger partial charge in [-0.1, -0.05) is 0 Å². The minimum Gasteiger partial charge on any atom is -0.265 e. The van der Waals surface area contributed by atoms with E-state index in [0.29, 0.717) is 0 Å². The summed E-state index contributed by atoms with van der Waals surface area (Å²) < 4.78 is 2.71. The van der Waals surface area contributed by atoms with Gasteiger partial charge >= 0.3 is 0 Å². The van der Waals surface area contributed by atoms with Gasteiger partial charge in [-0.3, -0.25) is 4.68 Å². The number of halogens is 1.